The molecule has 132 valence electrons. The molecule has 0 aliphatic carbocycles. The molecule has 3 rings (SSSR count). The standard InChI is InChI=1S/C22H21NO3/c1-14-3-7-16(8-4-14)18(11-12-21(24)25)19-13-20(23-22(19)26)17-9-5-15(2)6-10-17/h3-10,13H,11-12H2,1-2H3,(H,23,26)(H,24,25)/p-1/b19-18+. The highest BCUT2D eigenvalue weighted by molar-refractivity contribution is 6.13. The monoisotopic (exact) mass is 346 g/mol. The Bertz CT molecular complexity index is 903. The summed E-state index contributed by atoms with van der Waals surface area (Å²) < 4.78 is 0. The second-order valence-corrected chi connectivity index (χ2v) is 6.51. The third kappa shape index (κ3) is 3.91. The number of aryl methyl sites for hydroxylation is 2. The van der Waals surface area contributed by atoms with E-state index >= 15 is 0 Å². The van der Waals surface area contributed by atoms with E-state index < -0.39 is 5.97 Å². The molecule has 0 radical (unpaired) electrons. The molecule has 1 N–H and O–H groups in total. The number of amides is 1. The molecule has 4 heteroatoms. The number of carbonyl (C=O) groups excluding carboxylic acids is 2. The van der Waals surface area contributed by atoms with Gasteiger partial charge >= 0.3 is 0 Å². The van der Waals surface area contributed by atoms with Gasteiger partial charge < -0.3 is 15.2 Å². The molecule has 26 heavy (non-hydrogen) atoms. The fraction of sp³-hybridized carbons (Fsp3) is 0.182. The molecule has 0 aromatic heterocycles. The molecule has 0 spiro atoms. The van der Waals surface area contributed by atoms with Gasteiger partial charge in [0.1, 0.15) is 0 Å². The van der Waals surface area contributed by atoms with E-state index in [2.05, 4.69) is 5.32 Å². The Morgan fingerprint density at radius 3 is 2.08 bits per heavy atom. The summed E-state index contributed by atoms with van der Waals surface area (Å²) in [5, 5.41) is 13.8. The van der Waals surface area contributed by atoms with Gasteiger partial charge in [-0.15, -0.1) is 0 Å². The van der Waals surface area contributed by atoms with Crippen LogP contribution in [0.2, 0.25) is 0 Å². The average Bonchev–Trinajstić information content (AvgIpc) is 2.99. The molecule has 4 nitrogen and oxygen atoms in total. The summed E-state index contributed by atoms with van der Waals surface area (Å²) in [5.74, 6) is -1.34. The summed E-state index contributed by atoms with van der Waals surface area (Å²) in [4.78, 5) is 23.5. The van der Waals surface area contributed by atoms with E-state index in [1.54, 1.807) is 6.08 Å². The largest absolute Gasteiger partial charge is 0.550 e. The molecule has 1 heterocycles. The first kappa shape index (κ1) is 17.7. The number of carboxylic acids is 1. The molecule has 0 bridgehead atoms. The number of hydrogen-bond acceptors (Lipinski definition) is 3. The molecule has 0 saturated carbocycles. The molecule has 2 aromatic rings. The lowest BCUT2D eigenvalue weighted by Gasteiger charge is -2.11. The smallest absolute Gasteiger partial charge is 0.256 e. The second-order valence-electron chi connectivity index (χ2n) is 6.51. The number of aliphatic carboxylic acids is 1. The average molecular weight is 346 g/mol. The third-order valence-electron chi connectivity index (χ3n) is 4.45. The lowest BCUT2D eigenvalue weighted by molar-refractivity contribution is -0.305. The fourth-order valence-electron chi connectivity index (χ4n) is 2.96. The van der Waals surface area contributed by atoms with E-state index in [4.69, 9.17) is 0 Å². The van der Waals surface area contributed by atoms with Crippen LogP contribution in [0.3, 0.4) is 0 Å². The Hall–Kier alpha value is -3.14. The van der Waals surface area contributed by atoms with Crippen LogP contribution in [-0.4, -0.2) is 11.9 Å². The highest BCUT2D eigenvalue weighted by Gasteiger charge is 2.23. The molecule has 0 atom stereocenters. The van der Waals surface area contributed by atoms with E-state index in [-0.39, 0.29) is 18.7 Å². The number of carboxylic acid groups (broad SMARTS) is 1. The van der Waals surface area contributed by atoms with Gasteiger partial charge in [0.2, 0.25) is 0 Å². The number of nitrogens with one attached hydrogen (secondary N) is 1. The Morgan fingerprint density at radius 2 is 1.50 bits per heavy atom. The zero-order chi connectivity index (χ0) is 18.7. The summed E-state index contributed by atoms with van der Waals surface area (Å²) in [6.45, 7) is 3.99. The summed E-state index contributed by atoms with van der Waals surface area (Å²) >= 11 is 0. The van der Waals surface area contributed by atoms with Crippen LogP contribution in [0.5, 0.6) is 0 Å². The van der Waals surface area contributed by atoms with Gasteiger partial charge in [-0.2, -0.15) is 0 Å². The highest BCUT2D eigenvalue weighted by atomic mass is 16.4. The number of allylic oxidation sites excluding steroid dienone is 1. The zero-order valence-electron chi connectivity index (χ0n) is 14.8. The highest BCUT2D eigenvalue weighted by Crippen LogP contribution is 2.30. The van der Waals surface area contributed by atoms with Crippen LogP contribution in [0.4, 0.5) is 0 Å². The molecule has 1 aliphatic rings. The van der Waals surface area contributed by atoms with Crippen LogP contribution in [-0.2, 0) is 9.59 Å². The van der Waals surface area contributed by atoms with Gasteiger partial charge in [-0.25, -0.2) is 0 Å². The lowest BCUT2D eigenvalue weighted by atomic mass is 9.94. The van der Waals surface area contributed by atoms with E-state index in [9.17, 15) is 14.7 Å². The van der Waals surface area contributed by atoms with Crippen LogP contribution >= 0.6 is 0 Å². The van der Waals surface area contributed by atoms with Crippen LogP contribution in [0.1, 0.15) is 35.1 Å². The lowest BCUT2D eigenvalue weighted by Crippen LogP contribution is -2.22. The van der Waals surface area contributed by atoms with Crippen LogP contribution in [0, 0.1) is 13.8 Å². The first-order valence-corrected chi connectivity index (χ1v) is 8.54. The van der Waals surface area contributed by atoms with Gasteiger partial charge in [0.25, 0.3) is 5.91 Å². The number of carbonyl (C=O) groups is 2. The van der Waals surface area contributed by atoms with Crippen LogP contribution < -0.4 is 10.4 Å². The van der Waals surface area contributed by atoms with Crippen LogP contribution in [0.25, 0.3) is 11.3 Å². The van der Waals surface area contributed by atoms with E-state index in [1.807, 2.05) is 62.4 Å². The maximum Gasteiger partial charge on any atom is 0.256 e. The summed E-state index contributed by atoms with van der Waals surface area (Å²) in [6.07, 6.45) is 1.91. The van der Waals surface area contributed by atoms with Gasteiger partial charge in [-0.05, 0) is 49.5 Å². The number of hydrogen-bond donors (Lipinski definition) is 1. The Morgan fingerprint density at radius 1 is 0.923 bits per heavy atom. The predicted molar refractivity (Wildman–Crippen MR) is 99.6 cm³/mol. The minimum atomic E-state index is -1.13. The second kappa shape index (κ2) is 7.40. The van der Waals surface area contributed by atoms with Gasteiger partial charge in [0.15, 0.2) is 0 Å². The van der Waals surface area contributed by atoms with E-state index in [1.165, 1.54) is 0 Å². The van der Waals surface area contributed by atoms with Crippen molar-refractivity contribution in [3.63, 3.8) is 0 Å². The SMILES string of the molecule is Cc1ccc(C2=C/C(=C(/CCC(=O)[O-])c3ccc(C)cc3)C(=O)N2)cc1. The van der Waals surface area contributed by atoms with E-state index in [0.717, 1.165) is 28.0 Å². The quantitative estimate of drug-likeness (QED) is 0.847. The third-order valence-corrected chi connectivity index (χ3v) is 4.45. The first-order valence-electron chi connectivity index (χ1n) is 8.54. The molecule has 0 saturated heterocycles. The van der Waals surface area contributed by atoms with Crippen molar-refractivity contribution in [2.24, 2.45) is 0 Å². The predicted octanol–water partition coefficient (Wildman–Crippen LogP) is 2.76. The zero-order valence-corrected chi connectivity index (χ0v) is 14.8. The first-order chi connectivity index (χ1) is 12.4. The Labute approximate surface area is 152 Å². The molecule has 2 aromatic carbocycles. The van der Waals surface area contributed by atoms with Crippen molar-refractivity contribution in [2.75, 3.05) is 0 Å². The van der Waals surface area contributed by atoms with Crippen molar-refractivity contribution in [1.82, 2.24) is 5.32 Å². The number of benzene rings is 2. The maximum absolute atomic E-state index is 12.6. The van der Waals surface area contributed by atoms with Crippen molar-refractivity contribution >= 4 is 23.1 Å². The van der Waals surface area contributed by atoms with Crippen molar-refractivity contribution < 1.29 is 14.7 Å². The van der Waals surface area contributed by atoms with Crippen molar-refractivity contribution in [3.8, 4) is 0 Å². The van der Waals surface area contributed by atoms with Gasteiger partial charge in [-0.3, -0.25) is 4.79 Å². The summed E-state index contributed by atoms with van der Waals surface area (Å²) in [5.41, 5.74) is 5.96. The molecule has 0 fully saturated rings. The molecular weight excluding hydrogens is 326 g/mol. The van der Waals surface area contributed by atoms with Gasteiger partial charge in [-0.1, -0.05) is 59.7 Å². The Balaban J connectivity index is 2.05. The normalized spacial score (nSPS) is 15.5. The minimum absolute atomic E-state index is 0.131. The van der Waals surface area contributed by atoms with Crippen molar-refractivity contribution in [1.29, 1.82) is 0 Å². The molecule has 0 unspecified atom stereocenters. The van der Waals surface area contributed by atoms with Gasteiger partial charge in [0.05, 0.1) is 0 Å². The molecule has 1 amide bonds. The van der Waals surface area contributed by atoms with Crippen molar-refractivity contribution in [2.45, 2.75) is 26.7 Å². The maximum atomic E-state index is 12.6. The minimum Gasteiger partial charge on any atom is -0.550 e. The fourth-order valence-corrected chi connectivity index (χ4v) is 2.96. The summed E-state index contributed by atoms with van der Waals surface area (Å²) in [6, 6.07) is 15.6. The number of rotatable bonds is 5. The topological polar surface area (TPSA) is 69.2 Å². The van der Waals surface area contributed by atoms with E-state index in [0.29, 0.717) is 11.1 Å². The Kier molecular flexibility index (Phi) is 5.03. The van der Waals surface area contributed by atoms with Crippen molar-refractivity contribution in [3.05, 3.63) is 82.4 Å². The van der Waals surface area contributed by atoms with Crippen LogP contribution in [0.15, 0.2) is 60.2 Å². The molecular formula is C22H20NO3-. The summed E-state index contributed by atoms with van der Waals surface area (Å²) in [7, 11) is 0. The van der Waals surface area contributed by atoms with Gasteiger partial charge in [0, 0.05) is 17.2 Å². The molecule has 1 aliphatic heterocycles.